The van der Waals surface area contributed by atoms with Crippen LogP contribution < -0.4 is 9.46 Å². The number of hydrogen-bond donors (Lipinski definition) is 1. The van der Waals surface area contributed by atoms with Gasteiger partial charge in [-0.05, 0) is 31.9 Å². The van der Waals surface area contributed by atoms with Gasteiger partial charge in [0.1, 0.15) is 11.9 Å². The lowest BCUT2D eigenvalue weighted by atomic mass is 10.1. The van der Waals surface area contributed by atoms with Crippen LogP contribution in [0.3, 0.4) is 0 Å². The van der Waals surface area contributed by atoms with E-state index in [1.54, 1.807) is 23.4 Å². The standard InChI is InChI=1S/C18H24FN5O4S/c1-13-22-16(12-23(13)2)29(26,27)21-9-7-17(25)24-10-4-5-14(11-24)28-18-15(19)6-3-8-20-18/h3,6,8,12,14,21H,4-5,7,9-11H2,1-2H3/t14-/m1/s1. The molecule has 0 aromatic carbocycles. The van der Waals surface area contributed by atoms with E-state index in [0.717, 1.165) is 0 Å². The van der Waals surface area contributed by atoms with Crippen molar-refractivity contribution >= 4 is 15.9 Å². The number of amides is 1. The van der Waals surface area contributed by atoms with Gasteiger partial charge in [-0.2, -0.15) is 0 Å². The van der Waals surface area contributed by atoms with Crippen LogP contribution in [0.4, 0.5) is 4.39 Å². The fraction of sp³-hybridized carbons (Fsp3) is 0.500. The van der Waals surface area contributed by atoms with Gasteiger partial charge in [-0.15, -0.1) is 0 Å². The summed E-state index contributed by atoms with van der Waals surface area (Å²) in [6.45, 7) is 2.53. The summed E-state index contributed by atoms with van der Waals surface area (Å²) in [5.41, 5.74) is 0. The van der Waals surface area contributed by atoms with Gasteiger partial charge in [0.15, 0.2) is 10.8 Å². The Bertz CT molecular complexity index is 959. The SMILES string of the molecule is Cc1nc(S(=O)(=O)NCCC(=O)N2CCC[C@@H](Oc3ncccc3F)C2)cn1C. The van der Waals surface area contributed by atoms with Crippen LogP contribution in [0.25, 0.3) is 0 Å². The van der Waals surface area contributed by atoms with Crippen molar-refractivity contribution in [1.29, 1.82) is 0 Å². The molecule has 1 fully saturated rings. The average Bonchev–Trinajstić information content (AvgIpc) is 3.03. The largest absolute Gasteiger partial charge is 0.470 e. The Morgan fingerprint density at radius 1 is 1.45 bits per heavy atom. The number of likely N-dealkylation sites (tertiary alicyclic amines) is 1. The van der Waals surface area contributed by atoms with Gasteiger partial charge in [0, 0.05) is 39.0 Å². The molecule has 1 aliphatic rings. The zero-order valence-corrected chi connectivity index (χ0v) is 17.2. The molecule has 2 aromatic rings. The molecule has 29 heavy (non-hydrogen) atoms. The van der Waals surface area contributed by atoms with E-state index in [9.17, 15) is 17.6 Å². The lowest BCUT2D eigenvalue weighted by molar-refractivity contribution is -0.133. The highest BCUT2D eigenvalue weighted by atomic mass is 32.2. The molecule has 11 heteroatoms. The number of ether oxygens (including phenoxy) is 1. The Hall–Kier alpha value is -2.53. The minimum Gasteiger partial charge on any atom is -0.470 e. The average molecular weight is 425 g/mol. The number of nitrogens with one attached hydrogen (secondary N) is 1. The van der Waals surface area contributed by atoms with E-state index in [1.807, 2.05) is 0 Å². The molecule has 1 atom stereocenters. The minimum absolute atomic E-state index is 0.00964. The molecule has 3 rings (SSSR count). The minimum atomic E-state index is -3.77. The molecule has 1 N–H and O–H groups in total. The fourth-order valence-electron chi connectivity index (χ4n) is 3.06. The molecule has 1 saturated heterocycles. The molecular formula is C18H24FN5O4S. The molecule has 9 nitrogen and oxygen atoms in total. The number of imidazole rings is 1. The number of piperidine rings is 1. The molecule has 0 saturated carbocycles. The number of halogens is 1. The van der Waals surface area contributed by atoms with Crippen LogP contribution in [0, 0.1) is 12.7 Å². The molecule has 1 amide bonds. The maximum Gasteiger partial charge on any atom is 0.259 e. The molecule has 0 aliphatic carbocycles. The van der Waals surface area contributed by atoms with Crippen molar-refractivity contribution in [2.24, 2.45) is 7.05 Å². The predicted octanol–water partition coefficient (Wildman–Crippen LogP) is 1.00. The number of aromatic nitrogens is 3. The van der Waals surface area contributed by atoms with Crippen LogP contribution in [0.5, 0.6) is 5.88 Å². The summed E-state index contributed by atoms with van der Waals surface area (Å²) in [6, 6.07) is 2.75. The zero-order chi connectivity index (χ0) is 21.0. The van der Waals surface area contributed by atoms with E-state index < -0.39 is 15.8 Å². The first-order valence-corrected chi connectivity index (χ1v) is 10.8. The van der Waals surface area contributed by atoms with Gasteiger partial charge in [0.2, 0.25) is 5.91 Å². The summed E-state index contributed by atoms with van der Waals surface area (Å²) >= 11 is 0. The number of sulfonamides is 1. The third-order valence-electron chi connectivity index (χ3n) is 4.73. The topological polar surface area (TPSA) is 106 Å². The third kappa shape index (κ3) is 5.30. The second-order valence-corrected chi connectivity index (χ2v) is 8.61. The van der Waals surface area contributed by atoms with Gasteiger partial charge in [0.25, 0.3) is 15.9 Å². The number of carbonyl (C=O) groups is 1. The molecular weight excluding hydrogens is 401 g/mol. The van der Waals surface area contributed by atoms with E-state index in [4.69, 9.17) is 4.74 Å². The first-order valence-electron chi connectivity index (χ1n) is 9.31. The lowest BCUT2D eigenvalue weighted by Gasteiger charge is -2.32. The van der Waals surface area contributed by atoms with Crippen molar-refractivity contribution < 1.29 is 22.3 Å². The van der Waals surface area contributed by atoms with Crippen LogP contribution in [-0.2, 0) is 21.9 Å². The number of pyridine rings is 1. The van der Waals surface area contributed by atoms with Crippen molar-refractivity contribution in [3.8, 4) is 5.88 Å². The second kappa shape index (κ2) is 8.87. The molecule has 0 bridgehead atoms. The molecule has 3 heterocycles. The van der Waals surface area contributed by atoms with E-state index >= 15 is 0 Å². The van der Waals surface area contributed by atoms with Crippen LogP contribution >= 0.6 is 0 Å². The summed E-state index contributed by atoms with van der Waals surface area (Å²) in [5, 5.41) is -0.0752. The molecule has 158 valence electrons. The number of hydrogen-bond acceptors (Lipinski definition) is 6. The van der Waals surface area contributed by atoms with E-state index in [-0.39, 0.29) is 35.9 Å². The fourth-order valence-corrected chi connectivity index (χ4v) is 4.12. The molecule has 0 spiro atoms. The Balaban J connectivity index is 1.50. The molecule has 0 radical (unpaired) electrons. The quantitative estimate of drug-likeness (QED) is 0.709. The van der Waals surface area contributed by atoms with Crippen molar-refractivity contribution in [2.45, 2.75) is 37.3 Å². The maximum atomic E-state index is 13.7. The Morgan fingerprint density at radius 3 is 2.93 bits per heavy atom. The summed E-state index contributed by atoms with van der Waals surface area (Å²) in [4.78, 5) is 21.9. The van der Waals surface area contributed by atoms with Crippen LogP contribution in [-0.4, -0.2) is 59.5 Å². The highest BCUT2D eigenvalue weighted by Gasteiger charge is 2.26. The van der Waals surface area contributed by atoms with Gasteiger partial charge in [-0.1, -0.05) is 0 Å². The van der Waals surface area contributed by atoms with Gasteiger partial charge in [0.05, 0.1) is 6.54 Å². The number of rotatable bonds is 7. The lowest BCUT2D eigenvalue weighted by Crippen LogP contribution is -2.45. The van der Waals surface area contributed by atoms with Crippen molar-refractivity contribution in [1.82, 2.24) is 24.2 Å². The van der Waals surface area contributed by atoms with Gasteiger partial charge < -0.3 is 14.2 Å². The molecule has 1 aliphatic heterocycles. The predicted molar refractivity (Wildman–Crippen MR) is 102 cm³/mol. The molecule has 0 unspecified atom stereocenters. The van der Waals surface area contributed by atoms with Crippen LogP contribution in [0.15, 0.2) is 29.6 Å². The number of carbonyl (C=O) groups excluding carboxylic acids is 1. The first kappa shape index (κ1) is 21.2. The van der Waals surface area contributed by atoms with Gasteiger partial charge in [-0.25, -0.2) is 27.5 Å². The molecule has 2 aromatic heterocycles. The Morgan fingerprint density at radius 2 is 2.24 bits per heavy atom. The second-order valence-electron chi connectivity index (χ2n) is 6.90. The van der Waals surface area contributed by atoms with Gasteiger partial charge in [-0.3, -0.25) is 4.79 Å². The highest BCUT2D eigenvalue weighted by Crippen LogP contribution is 2.19. The van der Waals surface area contributed by atoms with E-state index in [0.29, 0.717) is 31.8 Å². The third-order valence-corrected chi connectivity index (χ3v) is 6.06. The van der Waals surface area contributed by atoms with Crippen molar-refractivity contribution in [3.05, 3.63) is 36.2 Å². The van der Waals surface area contributed by atoms with Crippen molar-refractivity contribution in [3.63, 3.8) is 0 Å². The summed E-state index contributed by atoms with van der Waals surface area (Å²) < 4.78 is 47.8. The smallest absolute Gasteiger partial charge is 0.259 e. The Kier molecular flexibility index (Phi) is 6.48. The van der Waals surface area contributed by atoms with E-state index in [1.165, 1.54) is 24.5 Å². The first-order chi connectivity index (χ1) is 13.8. The summed E-state index contributed by atoms with van der Waals surface area (Å²) in [7, 11) is -2.07. The van der Waals surface area contributed by atoms with E-state index in [2.05, 4.69) is 14.7 Å². The number of nitrogens with zero attached hydrogens (tertiary/aromatic N) is 4. The normalized spacial score (nSPS) is 17.3. The zero-order valence-electron chi connectivity index (χ0n) is 16.3. The highest BCUT2D eigenvalue weighted by molar-refractivity contribution is 7.89. The Labute approximate surface area is 169 Å². The number of aryl methyl sites for hydroxylation is 2. The summed E-state index contributed by atoms with van der Waals surface area (Å²) in [6.07, 6.45) is 3.91. The summed E-state index contributed by atoms with van der Waals surface area (Å²) in [5.74, 6) is -0.245. The van der Waals surface area contributed by atoms with Crippen LogP contribution in [0.2, 0.25) is 0 Å². The van der Waals surface area contributed by atoms with Gasteiger partial charge >= 0.3 is 0 Å². The maximum absolute atomic E-state index is 13.7. The van der Waals surface area contributed by atoms with Crippen molar-refractivity contribution in [2.75, 3.05) is 19.6 Å². The monoisotopic (exact) mass is 425 g/mol. The van der Waals surface area contributed by atoms with Crippen LogP contribution in [0.1, 0.15) is 25.1 Å².